The number of nitrogens with zero attached hydrogens (tertiary/aromatic N) is 1. The first-order valence-electron chi connectivity index (χ1n) is 7.82. The number of hydrogen-bond donors (Lipinski definition) is 3. The van der Waals surface area contributed by atoms with Gasteiger partial charge in [-0.15, -0.1) is 24.8 Å². The molecule has 3 rings (SSSR count). The number of piperidine rings is 1. The van der Waals surface area contributed by atoms with Crippen LogP contribution >= 0.6 is 48.0 Å². The Hall–Kier alpha value is -1.24. The molecular weight excluding hydrogens is 418 g/mol. The van der Waals surface area contributed by atoms with E-state index in [1.54, 1.807) is 36.5 Å². The largest absolute Gasteiger partial charge is 0.349 e. The highest BCUT2D eigenvalue weighted by atomic mass is 35.5. The van der Waals surface area contributed by atoms with Crippen molar-refractivity contribution in [3.05, 3.63) is 52.1 Å². The monoisotopic (exact) mass is 436 g/mol. The van der Waals surface area contributed by atoms with Crippen LogP contribution in [0.15, 0.2) is 36.5 Å². The molecule has 0 atom stereocenters. The van der Waals surface area contributed by atoms with Crippen LogP contribution < -0.4 is 16.0 Å². The molecule has 5 nitrogen and oxygen atoms in total. The van der Waals surface area contributed by atoms with Gasteiger partial charge >= 0.3 is 0 Å². The van der Waals surface area contributed by atoms with Gasteiger partial charge in [-0.25, -0.2) is 4.98 Å². The highest BCUT2D eigenvalue weighted by molar-refractivity contribution is 6.42. The van der Waals surface area contributed by atoms with E-state index in [0.29, 0.717) is 21.4 Å². The zero-order valence-electron chi connectivity index (χ0n) is 13.8. The molecular formula is C17H20Cl4N4O. The summed E-state index contributed by atoms with van der Waals surface area (Å²) in [5, 5.41) is 10.4. The molecule has 1 amide bonds. The van der Waals surface area contributed by atoms with Gasteiger partial charge in [-0.1, -0.05) is 23.2 Å². The number of carbonyl (C=O) groups is 1. The third-order valence-corrected chi connectivity index (χ3v) is 4.65. The number of pyridine rings is 1. The second-order valence-corrected chi connectivity index (χ2v) is 6.47. The number of carbonyl (C=O) groups excluding carboxylic acids is 1. The number of anilines is 2. The summed E-state index contributed by atoms with van der Waals surface area (Å²) in [6.45, 7) is 1.85. The predicted octanol–water partition coefficient (Wildman–Crippen LogP) is 4.46. The molecule has 1 saturated heterocycles. The third kappa shape index (κ3) is 5.89. The summed E-state index contributed by atoms with van der Waals surface area (Å²) in [6, 6.07) is 8.88. The quantitative estimate of drug-likeness (QED) is 0.660. The van der Waals surface area contributed by atoms with Crippen molar-refractivity contribution in [2.24, 2.45) is 0 Å². The Labute approximate surface area is 175 Å². The molecule has 0 radical (unpaired) electrons. The van der Waals surface area contributed by atoms with Crippen LogP contribution in [0.4, 0.5) is 11.5 Å². The smallest absolute Gasteiger partial charge is 0.255 e. The molecule has 2 heterocycles. The summed E-state index contributed by atoms with van der Waals surface area (Å²) in [4.78, 5) is 16.9. The molecule has 2 aromatic rings. The Morgan fingerprint density at radius 3 is 2.54 bits per heavy atom. The van der Waals surface area contributed by atoms with Crippen molar-refractivity contribution >= 4 is 65.4 Å². The lowest BCUT2D eigenvalue weighted by atomic mass is 10.1. The number of hydrogen-bond acceptors (Lipinski definition) is 4. The first kappa shape index (κ1) is 22.8. The fraction of sp³-hybridized carbons (Fsp3) is 0.294. The van der Waals surface area contributed by atoms with Crippen molar-refractivity contribution in [2.45, 2.75) is 18.9 Å². The van der Waals surface area contributed by atoms with Crippen LogP contribution in [-0.4, -0.2) is 30.0 Å². The van der Waals surface area contributed by atoms with E-state index < -0.39 is 0 Å². The van der Waals surface area contributed by atoms with Crippen LogP contribution in [0.3, 0.4) is 0 Å². The molecule has 0 spiro atoms. The summed E-state index contributed by atoms with van der Waals surface area (Å²) in [5.41, 5.74) is 1.22. The van der Waals surface area contributed by atoms with Gasteiger partial charge in [0.15, 0.2) is 0 Å². The molecule has 1 aromatic carbocycles. The summed E-state index contributed by atoms with van der Waals surface area (Å²) in [6.07, 6.45) is 3.50. The van der Waals surface area contributed by atoms with Gasteiger partial charge in [0, 0.05) is 17.9 Å². The predicted molar refractivity (Wildman–Crippen MR) is 112 cm³/mol. The molecule has 142 valence electrons. The Morgan fingerprint density at radius 2 is 1.85 bits per heavy atom. The molecule has 0 bridgehead atoms. The van der Waals surface area contributed by atoms with E-state index in [1.165, 1.54) is 0 Å². The van der Waals surface area contributed by atoms with Crippen LogP contribution in [0.1, 0.15) is 23.2 Å². The van der Waals surface area contributed by atoms with Crippen molar-refractivity contribution in [1.82, 2.24) is 15.6 Å². The Bertz CT molecular complexity index is 738. The topological polar surface area (TPSA) is 66.0 Å². The molecule has 1 fully saturated rings. The van der Waals surface area contributed by atoms with E-state index in [-0.39, 0.29) is 36.8 Å². The second-order valence-electron chi connectivity index (χ2n) is 5.65. The molecule has 1 aliphatic rings. The summed E-state index contributed by atoms with van der Waals surface area (Å²) < 4.78 is 0. The second kappa shape index (κ2) is 10.8. The third-order valence-electron chi connectivity index (χ3n) is 3.91. The first-order valence-corrected chi connectivity index (χ1v) is 8.58. The number of aromatic nitrogens is 1. The molecule has 0 aliphatic carbocycles. The lowest BCUT2D eigenvalue weighted by Gasteiger charge is -2.24. The minimum Gasteiger partial charge on any atom is -0.349 e. The molecule has 3 N–H and O–H groups in total. The van der Waals surface area contributed by atoms with E-state index in [1.807, 2.05) is 0 Å². The Kier molecular flexibility index (Phi) is 9.47. The van der Waals surface area contributed by atoms with Gasteiger partial charge in [0.25, 0.3) is 5.91 Å². The van der Waals surface area contributed by atoms with Crippen LogP contribution in [-0.2, 0) is 0 Å². The van der Waals surface area contributed by atoms with E-state index in [9.17, 15) is 4.79 Å². The number of nitrogens with one attached hydrogen (secondary N) is 3. The zero-order chi connectivity index (χ0) is 16.9. The zero-order valence-corrected chi connectivity index (χ0v) is 16.9. The van der Waals surface area contributed by atoms with Gasteiger partial charge in [0.05, 0.1) is 15.6 Å². The lowest BCUT2D eigenvalue weighted by Crippen LogP contribution is -2.42. The van der Waals surface area contributed by atoms with Gasteiger partial charge in [-0.3, -0.25) is 4.79 Å². The van der Waals surface area contributed by atoms with E-state index in [4.69, 9.17) is 23.2 Å². The summed E-state index contributed by atoms with van der Waals surface area (Å²) >= 11 is 12.0. The Balaban J connectivity index is 0.00000169. The lowest BCUT2D eigenvalue weighted by molar-refractivity contribution is 0.0930. The molecule has 1 aromatic heterocycles. The maximum Gasteiger partial charge on any atom is 0.255 e. The normalized spacial score (nSPS) is 13.9. The highest BCUT2D eigenvalue weighted by Gasteiger charge is 2.19. The molecule has 0 unspecified atom stereocenters. The molecule has 1 aliphatic heterocycles. The minimum atomic E-state index is -0.127. The van der Waals surface area contributed by atoms with Crippen LogP contribution in [0.2, 0.25) is 10.0 Å². The Morgan fingerprint density at radius 1 is 1.12 bits per heavy atom. The highest BCUT2D eigenvalue weighted by Crippen LogP contribution is 2.27. The van der Waals surface area contributed by atoms with E-state index >= 15 is 0 Å². The number of benzene rings is 1. The fourth-order valence-corrected chi connectivity index (χ4v) is 2.93. The van der Waals surface area contributed by atoms with Gasteiger partial charge in [0.1, 0.15) is 5.82 Å². The van der Waals surface area contributed by atoms with Crippen LogP contribution in [0.5, 0.6) is 0 Å². The van der Waals surface area contributed by atoms with Crippen molar-refractivity contribution in [1.29, 1.82) is 0 Å². The number of amides is 1. The van der Waals surface area contributed by atoms with Crippen molar-refractivity contribution in [2.75, 3.05) is 18.4 Å². The average Bonchev–Trinajstić information content (AvgIpc) is 2.59. The molecule has 0 saturated carbocycles. The minimum absolute atomic E-state index is 0. The van der Waals surface area contributed by atoms with Crippen LogP contribution in [0, 0.1) is 0 Å². The van der Waals surface area contributed by atoms with Crippen molar-refractivity contribution < 1.29 is 4.79 Å². The molecule has 9 heteroatoms. The first-order chi connectivity index (χ1) is 11.6. The van der Waals surface area contributed by atoms with Crippen molar-refractivity contribution in [3.8, 4) is 0 Å². The summed E-state index contributed by atoms with van der Waals surface area (Å²) in [5.74, 6) is 0.361. The van der Waals surface area contributed by atoms with Gasteiger partial charge in [-0.2, -0.15) is 0 Å². The molecule has 26 heavy (non-hydrogen) atoms. The van der Waals surface area contributed by atoms with Crippen molar-refractivity contribution in [3.63, 3.8) is 0 Å². The SMILES string of the molecule is Cl.Cl.O=C(NC1CCNCC1)c1cccnc1Nc1ccc(Cl)c(Cl)c1. The van der Waals surface area contributed by atoms with Gasteiger partial charge in [-0.05, 0) is 56.3 Å². The standard InChI is InChI=1S/C17H18Cl2N4O.2ClH/c18-14-4-3-12(10-15(14)19)22-16-13(2-1-7-21-16)17(24)23-11-5-8-20-9-6-11;;/h1-4,7,10-11,20H,5-6,8-9H2,(H,21,22)(H,23,24);2*1H. The van der Waals surface area contributed by atoms with Gasteiger partial charge < -0.3 is 16.0 Å². The summed E-state index contributed by atoms with van der Waals surface area (Å²) in [7, 11) is 0. The van der Waals surface area contributed by atoms with E-state index in [0.717, 1.165) is 31.6 Å². The number of halogens is 4. The fourth-order valence-electron chi connectivity index (χ4n) is 2.63. The van der Waals surface area contributed by atoms with Crippen LogP contribution in [0.25, 0.3) is 0 Å². The van der Waals surface area contributed by atoms with E-state index in [2.05, 4.69) is 20.9 Å². The van der Waals surface area contributed by atoms with Gasteiger partial charge in [0.2, 0.25) is 0 Å². The maximum absolute atomic E-state index is 12.6. The maximum atomic E-state index is 12.6. The average molecular weight is 438 g/mol. The number of rotatable bonds is 4.